The number of carbonyl (C=O) groups is 3. The first-order valence-corrected chi connectivity index (χ1v) is 9.66. The Morgan fingerprint density at radius 1 is 1.04 bits per heavy atom. The first kappa shape index (κ1) is 18.4. The van der Waals surface area contributed by atoms with E-state index in [1.165, 1.54) is 11.8 Å². The fourth-order valence-corrected chi connectivity index (χ4v) is 4.60. The summed E-state index contributed by atoms with van der Waals surface area (Å²) in [5.74, 6) is -0.718. The lowest BCUT2D eigenvalue weighted by Gasteiger charge is -2.15. The lowest BCUT2D eigenvalue weighted by Crippen LogP contribution is -2.28. The van der Waals surface area contributed by atoms with Crippen LogP contribution in [-0.4, -0.2) is 29.1 Å². The summed E-state index contributed by atoms with van der Waals surface area (Å²) in [5.41, 5.74) is 3.10. The Morgan fingerprint density at radius 2 is 1.71 bits per heavy atom. The van der Waals surface area contributed by atoms with E-state index < -0.39 is 0 Å². The molecule has 0 spiro atoms. The van der Waals surface area contributed by atoms with Crippen molar-refractivity contribution in [1.29, 1.82) is 0 Å². The monoisotopic (exact) mass is 409 g/mol. The Morgan fingerprint density at radius 3 is 2.39 bits per heavy atom. The molecule has 3 amide bonds. The molecule has 1 fully saturated rings. The van der Waals surface area contributed by atoms with Crippen LogP contribution in [0.1, 0.15) is 12.5 Å². The number of thioether (sulfide) groups is 1. The molecule has 4 rings (SSSR count). The third-order valence-corrected chi connectivity index (χ3v) is 5.87. The highest BCUT2D eigenvalue weighted by Crippen LogP contribution is 2.45. The number of anilines is 3. The molecule has 140 valence electrons. The summed E-state index contributed by atoms with van der Waals surface area (Å²) in [6.07, 6.45) is 0. The molecular formula is C20H15N3O3S2. The number of thiocarbonyl (C=S) groups is 1. The highest BCUT2D eigenvalue weighted by Gasteiger charge is 2.41. The van der Waals surface area contributed by atoms with Crippen molar-refractivity contribution in [3.05, 3.63) is 59.0 Å². The average Bonchev–Trinajstić information content (AvgIpc) is 3.09. The molecule has 6 nitrogen and oxygen atoms in total. The molecule has 2 heterocycles. The van der Waals surface area contributed by atoms with Crippen LogP contribution in [-0.2, 0) is 14.4 Å². The Labute approximate surface area is 171 Å². The zero-order valence-electron chi connectivity index (χ0n) is 15.1. The van der Waals surface area contributed by atoms with Crippen LogP contribution in [0.5, 0.6) is 0 Å². The van der Waals surface area contributed by atoms with Crippen LogP contribution in [0.15, 0.2) is 53.4 Å². The minimum Gasteiger partial charge on any atom is -0.326 e. The molecule has 0 atom stereocenters. The molecule has 2 aliphatic rings. The third-order valence-electron chi connectivity index (χ3n) is 4.50. The molecule has 28 heavy (non-hydrogen) atoms. The van der Waals surface area contributed by atoms with Gasteiger partial charge in [-0.3, -0.25) is 19.3 Å². The van der Waals surface area contributed by atoms with E-state index in [0.717, 1.165) is 23.0 Å². The zero-order valence-corrected chi connectivity index (χ0v) is 16.7. The molecule has 1 saturated heterocycles. The molecule has 2 aromatic carbocycles. The van der Waals surface area contributed by atoms with Gasteiger partial charge in [0.15, 0.2) is 4.32 Å². The van der Waals surface area contributed by atoms with Gasteiger partial charge in [-0.2, -0.15) is 0 Å². The van der Waals surface area contributed by atoms with Crippen molar-refractivity contribution in [2.24, 2.45) is 0 Å². The van der Waals surface area contributed by atoms with Crippen molar-refractivity contribution >= 4 is 68.7 Å². The second-order valence-electron chi connectivity index (χ2n) is 6.32. The fourth-order valence-electron chi connectivity index (χ4n) is 3.23. The minimum absolute atomic E-state index is 0.175. The summed E-state index contributed by atoms with van der Waals surface area (Å²) >= 11 is 6.55. The van der Waals surface area contributed by atoms with Crippen molar-refractivity contribution in [2.75, 3.05) is 22.2 Å². The van der Waals surface area contributed by atoms with Gasteiger partial charge in [0.05, 0.1) is 21.9 Å². The number of rotatable bonds is 2. The number of benzene rings is 2. The van der Waals surface area contributed by atoms with E-state index >= 15 is 0 Å². The van der Waals surface area contributed by atoms with Crippen molar-refractivity contribution in [2.45, 2.75) is 6.92 Å². The summed E-state index contributed by atoms with van der Waals surface area (Å²) in [7, 11) is 1.69. The molecule has 0 unspecified atom stereocenters. The summed E-state index contributed by atoms with van der Waals surface area (Å²) in [4.78, 5) is 40.4. The van der Waals surface area contributed by atoms with Gasteiger partial charge < -0.3 is 10.2 Å². The van der Waals surface area contributed by atoms with Gasteiger partial charge in [0.2, 0.25) is 5.91 Å². The smallest absolute Gasteiger partial charge is 0.271 e. The van der Waals surface area contributed by atoms with Crippen LogP contribution in [0.4, 0.5) is 17.1 Å². The predicted molar refractivity (Wildman–Crippen MR) is 115 cm³/mol. The maximum Gasteiger partial charge on any atom is 0.271 e. The van der Waals surface area contributed by atoms with E-state index in [1.807, 2.05) is 24.3 Å². The molecule has 2 aliphatic heterocycles. The zero-order chi connectivity index (χ0) is 20.0. The molecule has 0 saturated carbocycles. The number of fused-ring (bicyclic) bond motifs is 1. The number of nitrogens with zero attached hydrogens (tertiary/aromatic N) is 2. The van der Waals surface area contributed by atoms with Gasteiger partial charge in [0.25, 0.3) is 11.8 Å². The first-order valence-electron chi connectivity index (χ1n) is 8.44. The Bertz CT molecular complexity index is 1080. The Kier molecular flexibility index (Phi) is 4.52. The van der Waals surface area contributed by atoms with E-state index in [4.69, 9.17) is 12.2 Å². The van der Waals surface area contributed by atoms with Crippen molar-refractivity contribution in [1.82, 2.24) is 0 Å². The summed E-state index contributed by atoms with van der Waals surface area (Å²) in [6.45, 7) is 1.43. The van der Waals surface area contributed by atoms with Crippen LogP contribution in [0, 0.1) is 0 Å². The second-order valence-corrected chi connectivity index (χ2v) is 7.97. The van der Waals surface area contributed by atoms with Gasteiger partial charge in [0.1, 0.15) is 0 Å². The van der Waals surface area contributed by atoms with E-state index in [9.17, 15) is 14.4 Å². The van der Waals surface area contributed by atoms with Gasteiger partial charge in [-0.1, -0.05) is 42.2 Å². The molecule has 0 aliphatic carbocycles. The predicted octanol–water partition coefficient (Wildman–Crippen LogP) is 3.40. The van der Waals surface area contributed by atoms with Gasteiger partial charge in [-0.15, -0.1) is 0 Å². The molecule has 8 heteroatoms. The van der Waals surface area contributed by atoms with Crippen LogP contribution in [0.3, 0.4) is 0 Å². The van der Waals surface area contributed by atoms with Gasteiger partial charge in [-0.25, -0.2) is 0 Å². The molecule has 0 radical (unpaired) electrons. The summed E-state index contributed by atoms with van der Waals surface area (Å²) < 4.78 is 0.361. The fraction of sp³-hybridized carbons (Fsp3) is 0.100. The van der Waals surface area contributed by atoms with Crippen molar-refractivity contribution in [3.63, 3.8) is 0 Å². The van der Waals surface area contributed by atoms with Crippen LogP contribution >= 0.6 is 24.0 Å². The van der Waals surface area contributed by atoms with Gasteiger partial charge in [-0.05, 0) is 30.3 Å². The number of carbonyl (C=O) groups excluding carboxylic acids is 3. The maximum atomic E-state index is 13.1. The number of hydrogen-bond donors (Lipinski definition) is 1. The normalized spacial score (nSPS) is 18.7. The highest BCUT2D eigenvalue weighted by atomic mass is 32.2. The van der Waals surface area contributed by atoms with Crippen molar-refractivity contribution < 1.29 is 14.4 Å². The SMILES string of the molecule is CC(=O)Nc1ccc(N2C(=O)C(=C3C(=O)N(C)c4ccccc43)SC2=S)cc1. The summed E-state index contributed by atoms with van der Waals surface area (Å²) in [5, 5.41) is 2.68. The number of likely N-dealkylation sites (N-methyl/N-ethyl adjacent to an activating group) is 1. The highest BCUT2D eigenvalue weighted by molar-refractivity contribution is 8.27. The Balaban J connectivity index is 1.73. The lowest BCUT2D eigenvalue weighted by molar-refractivity contribution is -0.115. The number of para-hydroxylation sites is 1. The Hall–Kier alpha value is -2.97. The topological polar surface area (TPSA) is 69.7 Å². The average molecular weight is 409 g/mol. The van der Waals surface area contributed by atoms with E-state index in [0.29, 0.717) is 26.2 Å². The molecule has 0 aromatic heterocycles. The largest absolute Gasteiger partial charge is 0.326 e. The minimum atomic E-state index is -0.323. The van der Waals surface area contributed by atoms with Crippen LogP contribution < -0.4 is 15.1 Å². The van der Waals surface area contributed by atoms with Gasteiger partial charge >= 0.3 is 0 Å². The third kappa shape index (κ3) is 2.90. The molecular weight excluding hydrogens is 394 g/mol. The molecule has 0 bridgehead atoms. The van der Waals surface area contributed by atoms with Crippen molar-refractivity contribution in [3.8, 4) is 0 Å². The quantitative estimate of drug-likeness (QED) is 0.608. The van der Waals surface area contributed by atoms with Crippen LogP contribution in [0.25, 0.3) is 5.57 Å². The van der Waals surface area contributed by atoms with E-state index in [1.54, 1.807) is 36.2 Å². The number of nitrogens with one attached hydrogen (secondary N) is 1. The molecule has 2 aromatic rings. The number of amides is 3. The second kappa shape index (κ2) is 6.88. The number of hydrogen-bond acceptors (Lipinski definition) is 5. The first-order chi connectivity index (χ1) is 13.4. The van der Waals surface area contributed by atoms with E-state index in [2.05, 4.69) is 5.32 Å². The maximum absolute atomic E-state index is 13.1. The summed E-state index contributed by atoms with van der Waals surface area (Å²) in [6, 6.07) is 14.2. The van der Waals surface area contributed by atoms with E-state index in [-0.39, 0.29) is 17.7 Å². The molecule has 1 N–H and O–H groups in total. The van der Waals surface area contributed by atoms with Crippen LogP contribution in [0.2, 0.25) is 0 Å². The van der Waals surface area contributed by atoms with Gasteiger partial charge in [0, 0.05) is 25.2 Å². The lowest BCUT2D eigenvalue weighted by atomic mass is 10.1. The standard InChI is InChI=1S/C20H15N3O3S2/c1-11(24)21-12-7-9-13(10-8-12)23-19(26)17(28-20(23)27)16-14-5-3-4-6-15(14)22(2)18(16)25/h3-10H,1-2H3,(H,21,24).